The van der Waals surface area contributed by atoms with E-state index in [0.717, 1.165) is 17.1 Å². The van der Waals surface area contributed by atoms with Gasteiger partial charge in [-0.05, 0) is 31.2 Å². The number of fused-ring (bicyclic) bond motifs is 1. The molecule has 3 heterocycles. The van der Waals surface area contributed by atoms with Crippen LogP contribution in [0.15, 0.2) is 47.1 Å². The molecule has 0 bridgehead atoms. The van der Waals surface area contributed by atoms with Gasteiger partial charge in [-0.1, -0.05) is 5.16 Å². The van der Waals surface area contributed by atoms with Crippen molar-refractivity contribution < 1.29 is 18.8 Å². The largest absolute Gasteiger partial charge is 0.486 e. The van der Waals surface area contributed by atoms with Gasteiger partial charge < -0.3 is 24.6 Å². The number of anilines is 3. The molecule has 1 aliphatic heterocycles. The monoisotopic (exact) mass is 352 g/mol. The van der Waals surface area contributed by atoms with E-state index in [4.69, 9.17) is 14.0 Å². The summed E-state index contributed by atoms with van der Waals surface area (Å²) in [5, 5.41) is 9.60. The van der Waals surface area contributed by atoms with Crippen molar-refractivity contribution in [2.45, 2.75) is 6.92 Å². The van der Waals surface area contributed by atoms with E-state index in [0.29, 0.717) is 30.5 Å². The Balaban J connectivity index is 1.49. The fourth-order valence-electron chi connectivity index (χ4n) is 2.53. The van der Waals surface area contributed by atoms with Crippen LogP contribution in [-0.4, -0.2) is 29.3 Å². The summed E-state index contributed by atoms with van der Waals surface area (Å²) in [4.78, 5) is 16.4. The van der Waals surface area contributed by atoms with Crippen molar-refractivity contribution in [3.05, 3.63) is 54.0 Å². The van der Waals surface area contributed by atoms with Gasteiger partial charge in [0.2, 0.25) is 0 Å². The first-order valence-electron chi connectivity index (χ1n) is 8.05. The van der Waals surface area contributed by atoms with Crippen LogP contribution in [0.5, 0.6) is 11.5 Å². The zero-order valence-electron chi connectivity index (χ0n) is 14.0. The minimum Gasteiger partial charge on any atom is -0.486 e. The molecule has 0 saturated carbocycles. The number of nitrogens with zero attached hydrogens (tertiary/aromatic N) is 2. The molecule has 8 nitrogen and oxygen atoms in total. The van der Waals surface area contributed by atoms with Crippen molar-refractivity contribution >= 4 is 23.1 Å². The van der Waals surface area contributed by atoms with Gasteiger partial charge >= 0.3 is 0 Å². The van der Waals surface area contributed by atoms with Crippen LogP contribution in [0.25, 0.3) is 0 Å². The number of amides is 1. The molecule has 2 aromatic heterocycles. The summed E-state index contributed by atoms with van der Waals surface area (Å²) in [5.74, 6) is 2.00. The fourth-order valence-corrected chi connectivity index (χ4v) is 2.53. The van der Waals surface area contributed by atoms with Crippen LogP contribution in [0.1, 0.15) is 16.2 Å². The van der Waals surface area contributed by atoms with Gasteiger partial charge in [0.1, 0.15) is 24.7 Å². The molecular formula is C18H16N4O4. The maximum atomic E-state index is 12.3. The van der Waals surface area contributed by atoms with Gasteiger partial charge in [-0.15, -0.1) is 0 Å². The van der Waals surface area contributed by atoms with Crippen molar-refractivity contribution in [2.24, 2.45) is 0 Å². The second-order valence-corrected chi connectivity index (χ2v) is 5.69. The number of carbonyl (C=O) groups excluding carboxylic acids is 1. The number of carbonyl (C=O) groups is 1. The van der Waals surface area contributed by atoms with E-state index in [9.17, 15) is 4.79 Å². The average molecular weight is 352 g/mol. The first-order valence-corrected chi connectivity index (χ1v) is 8.05. The molecule has 0 fully saturated rings. The number of nitrogens with one attached hydrogen (secondary N) is 2. The smallest absolute Gasteiger partial charge is 0.275 e. The number of ether oxygens (including phenoxy) is 2. The number of hydrogen-bond acceptors (Lipinski definition) is 7. The highest BCUT2D eigenvalue weighted by molar-refractivity contribution is 6.02. The van der Waals surface area contributed by atoms with E-state index in [-0.39, 0.29) is 11.6 Å². The molecule has 0 unspecified atom stereocenters. The standard InChI is InChI=1S/C18H16N4O4/c1-11-8-17(22-26-11)21-18(23)14-9-13(4-5-19-14)20-12-2-3-15-16(10-12)25-7-6-24-15/h2-5,8-10H,6-7H2,1H3,(H,19,20)(H,21,22,23). The molecule has 4 rings (SSSR count). The first-order chi connectivity index (χ1) is 12.7. The highest BCUT2D eigenvalue weighted by atomic mass is 16.6. The Hall–Kier alpha value is -3.55. The van der Waals surface area contributed by atoms with E-state index in [1.165, 1.54) is 0 Å². The molecule has 1 aliphatic rings. The van der Waals surface area contributed by atoms with Crippen molar-refractivity contribution in [2.75, 3.05) is 23.8 Å². The summed E-state index contributed by atoms with van der Waals surface area (Å²) in [5.41, 5.74) is 1.80. The van der Waals surface area contributed by atoms with Crippen LogP contribution < -0.4 is 20.1 Å². The van der Waals surface area contributed by atoms with Crippen LogP contribution in [0.2, 0.25) is 0 Å². The molecule has 2 N–H and O–H groups in total. The number of benzene rings is 1. The van der Waals surface area contributed by atoms with Crippen LogP contribution in [0.3, 0.4) is 0 Å². The highest BCUT2D eigenvalue weighted by Crippen LogP contribution is 2.33. The molecule has 0 radical (unpaired) electrons. The van der Waals surface area contributed by atoms with Crippen LogP contribution in [0.4, 0.5) is 17.2 Å². The van der Waals surface area contributed by atoms with Crippen molar-refractivity contribution in [3.8, 4) is 11.5 Å². The number of hydrogen-bond donors (Lipinski definition) is 2. The molecule has 8 heteroatoms. The summed E-state index contributed by atoms with van der Waals surface area (Å²) in [6, 6.07) is 10.6. The Morgan fingerprint density at radius 1 is 1.04 bits per heavy atom. The van der Waals surface area contributed by atoms with E-state index >= 15 is 0 Å². The molecule has 0 aliphatic carbocycles. The SMILES string of the molecule is Cc1cc(NC(=O)c2cc(Nc3ccc4c(c3)OCCO4)ccn2)no1. The lowest BCUT2D eigenvalue weighted by molar-refractivity contribution is 0.102. The zero-order valence-corrected chi connectivity index (χ0v) is 14.0. The van der Waals surface area contributed by atoms with E-state index in [2.05, 4.69) is 20.8 Å². The van der Waals surface area contributed by atoms with Crippen molar-refractivity contribution in [3.63, 3.8) is 0 Å². The third-order valence-corrected chi connectivity index (χ3v) is 3.69. The lowest BCUT2D eigenvalue weighted by Gasteiger charge is -2.19. The Bertz CT molecular complexity index is 954. The normalized spacial score (nSPS) is 12.5. The first kappa shape index (κ1) is 15.9. The Morgan fingerprint density at radius 3 is 2.65 bits per heavy atom. The molecular weight excluding hydrogens is 336 g/mol. The maximum absolute atomic E-state index is 12.3. The number of pyridine rings is 1. The van der Waals surface area contributed by atoms with E-state index < -0.39 is 0 Å². The Morgan fingerprint density at radius 2 is 1.85 bits per heavy atom. The lowest BCUT2D eigenvalue weighted by Crippen LogP contribution is -2.15. The van der Waals surface area contributed by atoms with E-state index in [1.807, 2.05) is 18.2 Å². The Kier molecular flexibility index (Phi) is 4.14. The number of aromatic nitrogens is 2. The number of aryl methyl sites for hydroxylation is 1. The maximum Gasteiger partial charge on any atom is 0.275 e. The molecule has 1 aromatic carbocycles. The van der Waals surface area contributed by atoms with Crippen molar-refractivity contribution in [1.82, 2.24) is 10.1 Å². The topological polar surface area (TPSA) is 98.5 Å². The quantitative estimate of drug-likeness (QED) is 0.744. The predicted octanol–water partition coefficient (Wildman–Crippen LogP) is 3.15. The van der Waals surface area contributed by atoms with Crippen LogP contribution in [0, 0.1) is 6.92 Å². The highest BCUT2D eigenvalue weighted by Gasteiger charge is 2.13. The summed E-state index contributed by atoms with van der Waals surface area (Å²) >= 11 is 0. The second kappa shape index (κ2) is 6.75. The average Bonchev–Trinajstić information content (AvgIpc) is 3.06. The summed E-state index contributed by atoms with van der Waals surface area (Å²) < 4.78 is 16.0. The van der Waals surface area contributed by atoms with Gasteiger partial charge in [0.15, 0.2) is 17.3 Å². The van der Waals surface area contributed by atoms with Gasteiger partial charge in [-0.2, -0.15) is 0 Å². The van der Waals surface area contributed by atoms with Crippen molar-refractivity contribution in [1.29, 1.82) is 0 Å². The second-order valence-electron chi connectivity index (χ2n) is 5.69. The molecule has 1 amide bonds. The van der Waals surface area contributed by atoms with Crippen LogP contribution >= 0.6 is 0 Å². The van der Waals surface area contributed by atoms with Gasteiger partial charge in [-0.3, -0.25) is 9.78 Å². The summed E-state index contributed by atoms with van der Waals surface area (Å²) in [7, 11) is 0. The third kappa shape index (κ3) is 3.44. The van der Waals surface area contributed by atoms with Crippen LogP contribution in [-0.2, 0) is 0 Å². The van der Waals surface area contributed by atoms with Gasteiger partial charge in [0.25, 0.3) is 5.91 Å². The number of rotatable bonds is 4. The predicted molar refractivity (Wildman–Crippen MR) is 94.1 cm³/mol. The molecule has 0 atom stereocenters. The molecule has 0 spiro atoms. The molecule has 132 valence electrons. The lowest BCUT2D eigenvalue weighted by atomic mass is 10.2. The van der Waals surface area contributed by atoms with Gasteiger partial charge in [-0.25, -0.2) is 0 Å². The van der Waals surface area contributed by atoms with E-state index in [1.54, 1.807) is 31.3 Å². The Labute approximate surface area is 149 Å². The third-order valence-electron chi connectivity index (χ3n) is 3.69. The minimum absolute atomic E-state index is 0.258. The van der Waals surface area contributed by atoms with Gasteiger partial charge in [0, 0.05) is 29.7 Å². The zero-order chi connectivity index (χ0) is 17.9. The molecule has 0 saturated heterocycles. The van der Waals surface area contributed by atoms with Gasteiger partial charge in [0.05, 0.1) is 0 Å². The molecule has 26 heavy (non-hydrogen) atoms. The minimum atomic E-state index is -0.371. The molecule has 3 aromatic rings. The summed E-state index contributed by atoms with van der Waals surface area (Å²) in [6.07, 6.45) is 1.56. The fraction of sp³-hybridized carbons (Fsp3) is 0.167. The summed E-state index contributed by atoms with van der Waals surface area (Å²) in [6.45, 7) is 2.82.